The first kappa shape index (κ1) is 11.6. The molecule has 0 fully saturated rings. The Morgan fingerprint density at radius 1 is 1.22 bits per heavy atom. The molecule has 0 atom stereocenters. The van der Waals surface area contributed by atoms with Gasteiger partial charge in [0.25, 0.3) is 10.0 Å². The van der Waals surface area contributed by atoms with Crippen LogP contribution in [0.5, 0.6) is 0 Å². The molecule has 3 rings (SSSR count). The van der Waals surface area contributed by atoms with Crippen LogP contribution in [0.1, 0.15) is 17.5 Å². The fraction of sp³-hybridized carbons (Fsp3) is 0.273. The summed E-state index contributed by atoms with van der Waals surface area (Å²) in [5.74, 6) is 0. The van der Waals surface area contributed by atoms with Crippen molar-refractivity contribution in [3.8, 4) is 0 Å². The molecule has 0 saturated carbocycles. The van der Waals surface area contributed by atoms with Crippen LogP contribution in [0.3, 0.4) is 0 Å². The highest BCUT2D eigenvalue weighted by atomic mass is 32.2. The van der Waals surface area contributed by atoms with Crippen LogP contribution in [0.2, 0.25) is 0 Å². The van der Waals surface area contributed by atoms with Gasteiger partial charge in [0.15, 0.2) is 0 Å². The predicted molar refractivity (Wildman–Crippen MR) is 69.2 cm³/mol. The number of sulfonamides is 1. The Morgan fingerprint density at radius 3 is 2.83 bits per heavy atom. The SMILES string of the molecule is O=S(=O)(Nc1ncns1)c1ccc2c(c1)CCC2. The quantitative estimate of drug-likeness (QED) is 0.931. The molecule has 0 amide bonds. The summed E-state index contributed by atoms with van der Waals surface area (Å²) in [6.07, 6.45) is 4.42. The lowest BCUT2D eigenvalue weighted by molar-refractivity contribution is 0.601. The van der Waals surface area contributed by atoms with Gasteiger partial charge in [-0.1, -0.05) is 6.07 Å². The number of nitrogens with one attached hydrogen (secondary N) is 1. The Labute approximate surface area is 109 Å². The first-order valence-corrected chi connectivity index (χ1v) is 7.82. The molecule has 18 heavy (non-hydrogen) atoms. The summed E-state index contributed by atoms with van der Waals surface area (Å²) in [5, 5.41) is 0.287. The van der Waals surface area contributed by atoms with Gasteiger partial charge in [-0.2, -0.15) is 4.37 Å². The van der Waals surface area contributed by atoms with E-state index in [-0.39, 0.29) is 5.13 Å². The zero-order valence-corrected chi connectivity index (χ0v) is 11.1. The molecule has 7 heteroatoms. The molecule has 0 bridgehead atoms. The Morgan fingerprint density at radius 2 is 2.06 bits per heavy atom. The van der Waals surface area contributed by atoms with Crippen molar-refractivity contribution in [3.05, 3.63) is 35.7 Å². The molecule has 94 valence electrons. The fourth-order valence-electron chi connectivity index (χ4n) is 2.11. The third-order valence-corrected chi connectivity index (χ3v) is 5.01. The Kier molecular flexibility index (Phi) is 2.79. The van der Waals surface area contributed by atoms with E-state index in [0.29, 0.717) is 4.90 Å². The molecule has 1 heterocycles. The van der Waals surface area contributed by atoms with E-state index in [1.165, 1.54) is 11.9 Å². The lowest BCUT2D eigenvalue weighted by atomic mass is 10.1. The number of aromatic nitrogens is 2. The van der Waals surface area contributed by atoms with Crippen molar-refractivity contribution in [3.63, 3.8) is 0 Å². The topological polar surface area (TPSA) is 72.0 Å². The maximum Gasteiger partial charge on any atom is 0.263 e. The Hall–Kier alpha value is -1.47. The van der Waals surface area contributed by atoms with Gasteiger partial charge in [0, 0.05) is 11.5 Å². The van der Waals surface area contributed by atoms with Gasteiger partial charge in [-0.3, -0.25) is 4.72 Å². The minimum absolute atomic E-state index is 0.287. The third kappa shape index (κ3) is 2.11. The van der Waals surface area contributed by atoms with E-state index in [2.05, 4.69) is 14.1 Å². The molecule has 1 aliphatic carbocycles. The molecule has 1 aliphatic rings. The zero-order chi connectivity index (χ0) is 12.6. The second kappa shape index (κ2) is 4.33. The number of hydrogen-bond acceptors (Lipinski definition) is 5. The summed E-state index contributed by atoms with van der Waals surface area (Å²) in [5.41, 5.74) is 2.39. The molecule has 0 radical (unpaired) electrons. The number of anilines is 1. The van der Waals surface area contributed by atoms with Crippen LogP contribution in [0, 0.1) is 0 Å². The van der Waals surface area contributed by atoms with Crippen LogP contribution in [-0.2, 0) is 22.9 Å². The summed E-state index contributed by atoms with van der Waals surface area (Å²) in [6.45, 7) is 0. The first-order valence-electron chi connectivity index (χ1n) is 5.56. The molecule has 1 N–H and O–H groups in total. The van der Waals surface area contributed by atoms with Crippen molar-refractivity contribution in [2.24, 2.45) is 0 Å². The molecule has 1 aromatic heterocycles. The van der Waals surface area contributed by atoms with Gasteiger partial charge < -0.3 is 0 Å². The highest BCUT2D eigenvalue weighted by Crippen LogP contribution is 2.25. The molecule has 0 spiro atoms. The molecular weight excluding hydrogens is 270 g/mol. The summed E-state index contributed by atoms with van der Waals surface area (Å²) in [4.78, 5) is 4.11. The Bertz CT molecular complexity index is 666. The molecular formula is C11H11N3O2S2. The van der Waals surface area contributed by atoms with Gasteiger partial charge in [-0.25, -0.2) is 13.4 Å². The van der Waals surface area contributed by atoms with Crippen LogP contribution in [0.15, 0.2) is 29.4 Å². The van der Waals surface area contributed by atoms with Gasteiger partial charge in [0.1, 0.15) is 6.33 Å². The number of rotatable bonds is 3. The summed E-state index contributed by atoms with van der Waals surface area (Å²) < 4.78 is 30.4. The summed E-state index contributed by atoms with van der Waals surface area (Å²) in [6, 6.07) is 5.30. The number of benzene rings is 1. The van der Waals surface area contributed by atoms with Crippen LogP contribution in [0.25, 0.3) is 0 Å². The Balaban J connectivity index is 1.94. The van der Waals surface area contributed by atoms with E-state index in [1.807, 2.05) is 6.07 Å². The van der Waals surface area contributed by atoms with Crippen molar-refractivity contribution < 1.29 is 8.42 Å². The van der Waals surface area contributed by atoms with Crippen LogP contribution in [-0.4, -0.2) is 17.8 Å². The fourth-order valence-corrected chi connectivity index (χ4v) is 3.82. The number of fused-ring (bicyclic) bond motifs is 1. The minimum Gasteiger partial charge on any atom is -0.253 e. The van der Waals surface area contributed by atoms with Crippen molar-refractivity contribution in [1.29, 1.82) is 0 Å². The molecule has 0 unspecified atom stereocenters. The lowest BCUT2D eigenvalue weighted by Gasteiger charge is -2.06. The molecule has 0 aliphatic heterocycles. The van der Waals surface area contributed by atoms with Crippen molar-refractivity contribution >= 4 is 26.7 Å². The zero-order valence-electron chi connectivity index (χ0n) is 9.46. The summed E-state index contributed by atoms with van der Waals surface area (Å²) >= 11 is 1.02. The van der Waals surface area contributed by atoms with Gasteiger partial charge in [-0.05, 0) is 42.5 Å². The molecule has 1 aromatic carbocycles. The second-order valence-corrected chi connectivity index (χ2v) is 6.60. The highest BCUT2D eigenvalue weighted by molar-refractivity contribution is 7.93. The van der Waals surface area contributed by atoms with Crippen LogP contribution < -0.4 is 4.72 Å². The standard InChI is InChI=1S/C11H11N3O2S2/c15-18(16,14-11-12-7-13-17-11)10-5-4-8-2-1-3-9(8)6-10/h4-7H,1-3H2,(H,12,13,14). The van der Waals surface area contributed by atoms with E-state index in [0.717, 1.165) is 36.4 Å². The van der Waals surface area contributed by atoms with Gasteiger partial charge >= 0.3 is 0 Å². The lowest BCUT2D eigenvalue weighted by Crippen LogP contribution is -2.13. The maximum atomic E-state index is 12.1. The van der Waals surface area contributed by atoms with E-state index in [4.69, 9.17) is 0 Å². The van der Waals surface area contributed by atoms with Crippen molar-refractivity contribution in [2.75, 3.05) is 4.72 Å². The highest BCUT2D eigenvalue weighted by Gasteiger charge is 2.19. The predicted octanol–water partition coefficient (Wildman–Crippen LogP) is 1.83. The maximum absolute atomic E-state index is 12.1. The molecule has 0 saturated heterocycles. The van der Waals surface area contributed by atoms with E-state index in [9.17, 15) is 8.42 Å². The monoisotopic (exact) mass is 281 g/mol. The van der Waals surface area contributed by atoms with E-state index in [1.54, 1.807) is 12.1 Å². The third-order valence-electron chi connectivity index (χ3n) is 2.96. The second-order valence-electron chi connectivity index (χ2n) is 4.14. The largest absolute Gasteiger partial charge is 0.263 e. The van der Waals surface area contributed by atoms with E-state index < -0.39 is 10.0 Å². The average molecular weight is 281 g/mol. The minimum atomic E-state index is -3.55. The van der Waals surface area contributed by atoms with Gasteiger partial charge in [-0.15, -0.1) is 0 Å². The normalized spacial score (nSPS) is 14.4. The molecule has 5 nitrogen and oxygen atoms in total. The number of hydrogen-bond donors (Lipinski definition) is 1. The van der Waals surface area contributed by atoms with Crippen LogP contribution in [0.4, 0.5) is 5.13 Å². The summed E-state index contributed by atoms with van der Waals surface area (Å²) in [7, 11) is -3.55. The van der Waals surface area contributed by atoms with Gasteiger partial charge in [0.2, 0.25) is 5.13 Å². The van der Waals surface area contributed by atoms with Crippen molar-refractivity contribution in [2.45, 2.75) is 24.2 Å². The average Bonchev–Trinajstić information content (AvgIpc) is 2.97. The number of aryl methyl sites for hydroxylation is 2. The smallest absolute Gasteiger partial charge is 0.253 e. The number of nitrogens with zero attached hydrogens (tertiary/aromatic N) is 2. The first-order chi connectivity index (χ1) is 8.65. The van der Waals surface area contributed by atoms with Crippen LogP contribution >= 0.6 is 11.5 Å². The van der Waals surface area contributed by atoms with E-state index >= 15 is 0 Å². The van der Waals surface area contributed by atoms with Gasteiger partial charge in [0.05, 0.1) is 4.90 Å². The molecule has 2 aromatic rings. The van der Waals surface area contributed by atoms with Crippen molar-refractivity contribution in [1.82, 2.24) is 9.36 Å².